The molecular weight excluding hydrogens is 327 g/mol. The lowest BCUT2D eigenvalue weighted by Gasteiger charge is -2.11. The number of carbonyl (C=O) groups is 1. The van der Waals surface area contributed by atoms with E-state index < -0.39 is 0 Å². The van der Waals surface area contributed by atoms with Crippen molar-refractivity contribution in [2.45, 2.75) is 13.8 Å². The van der Waals surface area contributed by atoms with Crippen LogP contribution in [-0.2, 0) is 0 Å². The van der Waals surface area contributed by atoms with E-state index in [0.29, 0.717) is 22.2 Å². The monoisotopic (exact) mass is 342 g/mol. The Morgan fingerprint density at radius 1 is 1.12 bits per heavy atom. The molecule has 0 aliphatic heterocycles. The van der Waals surface area contributed by atoms with E-state index in [4.69, 9.17) is 0 Å². The number of carbonyl (C=O) groups excluding carboxylic acids is 1. The van der Waals surface area contributed by atoms with Crippen molar-refractivity contribution in [1.82, 2.24) is 9.97 Å². The first-order chi connectivity index (χ1) is 11.5. The molecule has 5 nitrogen and oxygen atoms in total. The van der Waals surface area contributed by atoms with Gasteiger partial charge in [0.2, 0.25) is 0 Å². The van der Waals surface area contributed by atoms with Gasteiger partial charge < -0.3 is 5.32 Å². The second-order valence-corrected chi connectivity index (χ2v) is 6.09. The molecule has 24 heavy (non-hydrogen) atoms. The Bertz CT molecular complexity index is 894. The fourth-order valence-electron chi connectivity index (χ4n) is 2.12. The van der Waals surface area contributed by atoms with Crippen molar-refractivity contribution in [2.75, 3.05) is 10.6 Å². The van der Waals surface area contributed by atoms with Crippen LogP contribution in [0.15, 0.2) is 41.8 Å². The minimum atomic E-state index is -0.369. The Morgan fingerprint density at radius 3 is 2.67 bits per heavy atom. The first-order valence-corrected chi connectivity index (χ1v) is 8.13. The molecule has 2 heterocycles. The maximum absolute atomic E-state index is 13.3. The van der Waals surface area contributed by atoms with E-state index in [2.05, 4.69) is 20.6 Å². The van der Waals surface area contributed by atoms with E-state index in [1.807, 2.05) is 12.3 Å². The van der Waals surface area contributed by atoms with E-state index in [-0.39, 0.29) is 17.4 Å². The topological polar surface area (TPSA) is 66.9 Å². The van der Waals surface area contributed by atoms with Gasteiger partial charge in [0.05, 0.1) is 11.4 Å². The van der Waals surface area contributed by atoms with Crippen molar-refractivity contribution in [1.29, 1.82) is 0 Å². The number of anilines is 3. The summed E-state index contributed by atoms with van der Waals surface area (Å²) < 4.78 is 13.3. The smallest absolute Gasteiger partial charge is 0.278 e. The van der Waals surface area contributed by atoms with Crippen LogP contribution in [0.25, 0.3) is 0 Å². The molecule has 1 aromatic carbocycles. The molecule has 0 bridgehead atoms. The molecule has 3 rings (SSSR count). The molecule has 0 fully saturated rings. The van der Waals surface area contributed by atoms with Crippen LogP contribution in [0.1, 0.15) is 21.9 Å². The average Bonchev–Trinajstić information content (AvgIpc) is 2.94. The summed E-state index contributed by atoms with van der Waals surface area (Å²) in [5.74, 6) is -0.726. The highest BCUT2D eigenvalue weighted by molar-refractivity contribution is 7.13. The number of pyridine rings is 1. The van der Waals surface area contributed by atoms with E-state index in [1.165, 1.54) is 23.5 Å². The van der Waals surface area contributed by atoms with Crippen LogP contribution in [-0.4, -0.2) is 15.9 Å². The summed E-state index contributed by atoms with van der Waals surface area (Å²) in [4.78, 5) is 21.0. The van der Waals surface area contributed by atoms with Crippen molar-refractivity contribution >= 4 is 33.8 Å². The summed E-state index contributed by atoms with van der Waals surface area (Å²) in [6, 6.07) is 9.55. The van der Waals surface area contributed by atoms with Gasteiger partial charge in [-0.1, -0.05) is 6.07 Å². The summed E-state index contributed by atoms with van der Waals surface area (Å²) in [7, 11) is 0. The third-order valence-electron chi connectivity index (χ3n) is 3.19. The fraction of sp³-hybridized carbons (Fsp3) is 0.118. The molecular formula is C17H15FN4OS. The Hall–Kier alpha value is -2.80. The number of halogens is 1. The van der Waals surface area contributed by atoms with Gasteiger partial charge in [0.15, 0.2) is 10.8 Å². The molecule has 0 atom stereocenters. The maximum Gasteiger partial charge on any atom is 0.278 e. The molecule has 0 aliphatic carbocycles. The lowest BCUT2D eigenvalue weighted by atomic mass is 10.2. The molecule has 0 saturated carbocycles. The van der Waals surface area contributed by atoms with Crippen molar-refractivity contribution in [3.8, 4) is 0 Å². The fourth-order valence-corrected chi connectivity index (χ4v) is 2.80. The number of hydrogen-bond acceptors (Lipinski definition) is 5. The number of nitrogens with zero attached hydrogens (tertiary/aromatic N) is 2. The van der Waals surface area contributed by atoms with Crippen molar-refractivity contribution < 1.29 is 9.18 Å². The molecule has 0 radical (unpaired) electrons. The van der Waals surface area contributed by atoms with Gasteiger partial charge >= 0.3 is 0 Å². The lowest BCUT2D eigenvalue weighted by molar-refractivity contribution is 0.102. The normalized spacial score (nSPS) is 10.5. The number of aromatic nitrogens is 2. The van der Waals surface area contributed by atoms with Crippen LogP contribution >= 0.6 is 11.3 Å². The lowest BCUT2D eigenvalue weighted by Crippen LogP contribution is -2.16. The van der Waals surface area contributed by atoms with Crippen molar-refractivity contribution in [2.24, 2.45) is 0 Å². The standard InChI is InChI=1S/C17H15FN4OS/c1-10-6-7-14(21-13-5-3-4-12(18)8-13)15(19-10)16(23)22-17-20-11(2)9-24-17/h3-9,21H,1-2H3,(H,20,22,23). The van der Waals surface area contributed by atoms with Crippen LogP contribution < -0.4 is 10.6 Å². The second-order valence-electron chi connectivity index (χ2n) is 5.23. The number of nitrogens with one attached hydrogen (secondary N) is 2. The number of hydrogen-bond donors (Lipinski definition) is 2. The van der Waals surface area contributed by atoms with Gasteiger partial charge in [-0.2, -0.15) is 0 Å². The molecule has 2 N–H and O–H groups in total. The summed E-state index contributed by atoms with van der Waals surface area (Å²) in [6.07, 6.45) is 0. The minimum Gasteiger partial charge on any atom is -0.354 e. The highest BCUT2D eigenvalue weighted by Gasteiger charge is 2.15. The summed E-state index contributed by atoms with van der Waals surface area (Å²) in [5, 5.41) is 8.13. The zero-order chi connectivity index (χ0) is 17.1. The maximum atomic E-state index is 13.3. The molecule has 3 aromatic rings. The predicted molar refractivity (Wildman–Crippen MR) is 93.5 cm³/mol. The highest BCUT2D eigenvalue weighted by Crippen LogP contribution is 2.23. The number of thiazole rings is 1. The predicted octanol–water partition coefficient (Wildman–Crippen LogP) is 4.29. The van der Waals surface area contributed by atoms with E-state index >= 15 is 0 Å². The molecule has 0 unspecified atom stereocenters. The van der Waals surface area contributed by atoms with Gasteiger partial charge in [-0.3, -0.25) is 10.1 Å². The first-order valence-electron chi connectivity index (χ1n) is 7.25. The van der Waals surface area contributed by atoms with Gasteiger partial charge in [0.25, 0.3) is 5.91 Å². The Labute approximate surface area is 142 Å². The van der Waals surface area contributed by atoms with Crippen molar-refractivity contribution in [3.63, 3.8) is 0 Å². The largest absolute Gasteiger partial charge is 0.354 e. The Kier molecular flexibility index (Phi) is 4.52. The van der Waals surface area contributed by atoms with Gasteiger partial charge in [-0.15, -0.1) is 11.3 Å². The molecule has 0 saturated heterocycles. The van der Waals surface area contributed by atoms with E-state index in [9.17, 15) is 9.18 Å². The zero-order valence-corrected chi connectivity index (χ0v) is 13.9. The molecule has 2 aromatic heterocycles. The van der Waals surface area contributed by atoms with Crippen LogP contribution in [0, 0.1) is 19.7 Å². The third kappa shape index (κ3) is 3.75. The Balaban J connectivity index is 1.88. The SMILES string of the molecule is Cc1csc(NC(=O)c2nc(C)ccc2Nc2cccc(F)c2)n1. The van der Waals surface area contributed by atoms with Crippen LogP contribution in [0.5, 0.6) is 0 Å². The highest BCUT2D eigenvalue weighted by atomic mass is 32.1. The summed E-state index contributed by atoms with van der Waals surface area (Å²) in [6.45, 7) is 3.66. The minimum absolute atomic E-state index is 0.229. The number of rotatable bonds is 4. The number of amides is 1. The van der Waals surface area contributed by atoms with E-state index in [1.54, 1.807) is 31.2 Å². The third-order valence-corrected chi connectivity index (χ3v) is 4.07. The quantitative estimate of drug-likeness (QED) is 0.742. The average molecular weight is 342 g/mol. The van der Waals surface area contributed by atoms with Crippen LogP contribution in [0.2, 0.25) is 0 Å². The van der Waals surface area contributed by atoms with Gasteiger partial charge in [-0.05, 0) is 44.2 Å². The zero-order valence-electron chi connectivity index (χ0n) is 13.1. The van der Waals surface area contributed by atoms with Gasteiger partial charge in [0, 0.05) is 16.8 Å². The first kappa shape index (κ1) is 16.1. The molecule has 7 heteroatoms. The van der Waals surface area contributed by atoms with Crippen LogP contribution in [0.4, 0.5) is 20.9 Å². The van der Waals surface area contributed by atoms with Crippen molar-refractivity contribution in [3.05, 3.63) is 64.7 Å². The Morgan fingerprint density at radius 2 is 1.96 bits per heavy atom. The molecule has 122 valence electrons. The number of benzene rings is 1. The van der Waals surface area contributed by atoms with E-state index in [0.717, 1.165) is 5.69 Å². The summed E-state index contributed by atoms with van der Waals surface area (Å²) in [5.41, 5.74) is 2.81. The van der Waals surface area contributed by atoms with Gasteiger partial charge in [0.1, 0.15) is 5.82 Å². The second kappa shape index (κ2) is 6.76. The van der Waals surface area contributed by atoms with Gasteiger partial charge in [-0.25, -0.2) is 14.4 Å². The van der Waals surface area contributed by atoms with Crippen LogP contribution in [0.3, 0.4) is 0 Å². The number of aryl methyl sites for hydroxylation is 2. The molecule has 1 amide bonds. The summed E-state index contributed by atoms with van der Waals surface area (Å²) >= 11 is 1.35. The molecule has 0 aliphatic rings. The molecule has 0 spiro atoms.